The Morgan fingerprint density at radius 2 is 1.89 bits per heavy atom. The number of carbonyl (C=O) groups is 3. The number of ether oxygens (including phenoxy) is 2. The summed E-state index contributed by atoms with van der Waals surface area (Å²) in [5.41, 5.74) is 1.23. The molecular formula is C30H42N2O5. The monoisotopic (exact) mass is 510 g/mol. The van der Waals surface area contributed by atoms with Gasteiger partial charge in [-0.05, 0) is 82.8 Å². The van der Waals surface area contributed by atoms with Crippen LogP contribution < -0.4 is 0 Å². The van der Waals surface area contributed by atoms with Crippen LogP contribution in [-0.4, -0.2) is 39.5 Å². The number of hydrogen-bond donors (Lipinski definition) is 0. The second-order valence-electron chi connectivity index (χ2n) is 11.9. The van der Waals surface area contributed by atoms with Crippen molar-refractivity contribution in [3.8, 4) is 0 Å². The summed E-state index contributed by atoms with van der Waals surface area (Å²) in [6.07, 6.45) is 13.3. The predicted molar refractivity (Wildman–Crippen MR) is 143 cm³/mol. The van der Waals surface area contributed by atoms with Gasteiger partial charge in [-0.15, -0.1) is 0 Å². The number of ketones is 1. The first-order chi connectivity index (χ1) is 17.3. The van der Waals surface area contributed by atoms with Crippen LogP contribution >= 0.6 is 0 Å². The van der Waals surface area contributed by atoms with E-state index in [-0.39, 0.29) is 29.7 Å². The average Bonchev–Trinajstić information content (AvgIpc) is 3.23. The second kappa shape index (κ2) is 12.1. The summed E-state index contributed by atoms with van der Waals surface area (Å²) in [7, 11) is 1.87. The lowest BCUT2D eigenvalue weighted by molar-refractivity contribution is -0.163. The van der Waals surface area contributed by atoms with Crippen LogP contribution in [-0.2, 0) is 30.9 Å². The van der Waals surface area contributed by atoms with E-state index >= 15 is 0 Å². The minimum atomic E-state index is -0.817. The van der Waals surface area contributed by atoms with Gasteiger partial charge in [0.25, 0.3) is 0 Å². The van der Waals surface area contributed by atoms with Gasteiger partial charge in [-0.25, -0.2) is 9.78 Å². The van der Waals surface area contributed by atoms with Gasteiger partial charge in [-0.3, -0.25) is 9.59 Å². The molecule has 1 heterocycles. The van der Waals surface area contributed by atoms with Crippen molar-refractivity contribution in [3.63, 3.8) is 0 Å². The van der Waals surface area contributed by atoms with Crippen LogP contribution in [0.2, 0.25) is 0 Å². The van der Waals surface area contributed by atoms with Crippen LogP contribution in [0, 0.1) is 29.1 Å². The Hall–Kier alpha value is -2.96. The molecule has 0 radical (unpaired) electrons. The highest BCUT2D eigenvalue weighted by Gasteiger charge is 2.41. The number of esters is 2. The molecule has 7 heteroatoms. The summed E-state index contributed by atoms with van der Waals surface area (Å²) in [5, 5.41) is 0. The predicted octanol–water partition coefficient (Wildman–Crippen LogP) is 5.47. The van der Waals surface area contributed by atoms with E-state index in [9.17, 15) is 14.4 Å². The Morgan fingerprint density at radius 3 is 2.51 bits per heavy atom. The van der Waals surface area contributed by atoms with Gasteiger partial charge in [0, 0.05) is 25.7 Å². The molecule has 0 amide bonds. The van der Waals surface area contributed by atoms with E-state index in [1.807, 2.05) is 17.8 Å². The van der Waals surface area contributed by atoms with E-state index in [0.717, 1.165) is 6.42 Å². The number of imidazole rings is 1. The van der Waals surface area contributed by atoms with Gasteiger partial charge >= 0.3 is 11.9 Å². The third-order valence-electron chi connectivity index (χ3n) is 7.48. The molecule has 1 aromatic rings. The highest BCUT2D eigenvalue weighted by atomic mass is 16.6. The molecule has 0 spiro atoms. The van der Waals surface area contributed by atoms with E-state index in [0.29, 0.717) is 36.8 Å². The normalized spacial score (nSPS) is 27.1. The van der Waals surface area contributed by atoms with Crippen LogP contribution in [0.4, 0.5) is 0 Å². The van der Waals surface area contributed by atoms with Crippen molar-refractivity contribution < 1.29 is 23.9 Å². The standard InChI is InChI=1S/C30H42N2O5/c1-19(2)23-13-11-20(3)24-15-22(36-28(34)14-12-21-17-32(7)18-31-21)9-8-10-26(33)27(16-25(23)24)37-29(35)30(4,5)6/h8,10-12,14,17-19,22-25,27H,9,13,15-16H2,1-7H3/t22-,23-,24+,25-,27-/m1/s1. The second-order valence-corrected chi connectivity index (χ2v) is 11.9. The molecule has 0 N–H and O–H groups in total. The van der Waals surface area contributed by atoms with Crippen molar-refractivity contribution in [2.45, 2.75) is 79.4 Å². The molecule has 0 aromatic carbocycles. The smallest absolute Gasteiger partial charge is 0.331 e. The lowest BCUT2D eigenvalue weighted by Crippen LogP contribution is -2.40. The molecule has 1 aromatic heterocycles. The SMILES string of the molecule is CC1=CC[C@H](C(C)C)[C@H]2C[C@@H](OC(=O)C(C)(C)C)C(=O)C=CC[C@@H](OC(=O)C=Cc3cn(C)cn3)C[C@@H]12. The molecule has 202 valence electrons. The Bertz CT molecular complexity index is 1070. The minimum absolute atomic E-state index is 0.119. The number of rotatable bonds is 5. The Kier molecular flexibility index (Phi) is 9.32. The lowest BCUT2D eigenvalue weighted by atomic mass is 9.64. The molecular weight excluding hydrogens is 468 g/mol. The molecule has 0 saturated carbocycles. The summed E-state index contributed by atoms with van der Waals surface area (Å²) >= 11 is 0. The fourth-order valence-corrected chi connectivity index (χ4v) is 5.32. The topological polar surface area (TPSA) is 87.5 Å². The third kappa shape index (κ3) is 7.76. The fraction of sp³-hybridized carbons (Fsp3) is 0.600. The molecule has 0 unspecified atom stereocenters. The number of aromatic nitrogens is 2. The molecule has 5 atom stereocenters. The van der Waals surface area contributed by atoms with E-state index in [1.165, 1.54) is 17.7 Å². The largest absolute Gasteiger partial charge is 0.459 e. The maximum Gasteiger partial charge on any atom is 0.331 e. The number of carbonyl (C=O) groups excluding carboxylic acids is 3. The molecule has 0 bridgehead atoms. The quantitative estimate of drug-likeness (QED) is 0.297. The fourth-order valence-electron chi connectivity index (χ4n) is 5.32. The Balaban J connectivity index is 1.87. The number of fused-ring (bicyclic) bond motifs is 1. The average molecular weight is 511 g/mol. The summed E-state index contributed by atoms with van der Waals surface area (Å²) in [4.78, 5) is 42.8. The number of hydrogen-bond acceptors (Lipinski definition) is 6. The zero-order valence-electron chi connectivity index (χ0n) is 23.3. The summed E-state index contributed by atoms with van der Waals surface area (Å²) in [5.74, 6) is -0.0411. The zero-order chi connectivity index (χ0) is 27.3. The zero-order valence-corrected chi connectivity index (χ0v) is 23.3. The summed E-state index contributed by atoms with van der Waals surface area (Å²) in [6, 6.07) is 0. The Morgan fingerprint density at radius 1 is 1.16 bits per heavy atom. The molecule has 7 nitrogen and oxygen atoms in total. The first-order valence-electron chi connectivity index (χ1n) is 13.3. The van der Waals surface area contributed by atoms with Crippen molar-refractivity contribution in [1.29, 1.82) is 0 Å². The maximum atomic E-state index is 13.2. The van der Waals surface area contributed by atoms with Gasteiger partial charge in [-0.2, -0.15) is 0 Å². The van der Waals surface area contributed by atoms with Crippen molar-refractivity contribution in [2.24, 2.45) is 36.1 Å². The summed E-state index contributed by atoms with van der Waals surface area (Å²) in [6.45, 7) is 11.9. The number of nitrogens with zero attached hydrogens (tertiary/aromatic N) is 2. The van der Waals surface area contributed by atoms with Gasteiger partial charge in [0.05, 0.1) is 17.4 Å². The van der Waals surface area contributed by atoms with Crippen LogP contribution in [0.5, 0.6) is 0 Å². The van der Waals surface area contributed by atoms with Crippen molar-refractivity contribution in [3.05, 3.63) is 48.1 Å². The van der Waals surface area contributed by atoms with Gasteiger partial charge in [0.15, 0.2) is 11.9 Å². The lowest BCUT2D eigenvalue weighted by Gasteiger charge is -2.42. The third-order valence-corrected chi connectivity index (χ3v) is 7.48. The molecule has 0 aliphatic heterocycles. The van der Waals surface area contributed by atoms with Crippen LogP contribution in [0.1, 0.15) is 72.9 Å². The van der Waals surface area contributed by atoms with E-state index in [1.54, 1.807) is 39.3 Å². The number of aryl methyl sites for hydroxylation is 1. The summed E-state index contributed by atoms with van der Waals surface area (Å²) < 4.78 is 13.5. The molecule has 2 aliphatic carbocycles. The van der Waals surface area contributed by atoms with Crippen LogP contribution in [0.3, 0.4) is 0 Å². The molecule has 3 rings (SSSR count). The maximum absolute atomic E-state index is 13.2. The van der Waals surface area contributed by atoms with Crippen molar-refractivity contribution in [1.82, 2.24) is 9.55 Å². The Labute approximate surface area is 221 Å². The highest BCUT2D eigenvalue weighted by Crippen LogP contribution is 2.44. The first kappa shape index (κ1) is 28.6. The van der Waals surface area contributed by atoms with Gasteiger partial charge in [0.2, 0.25) is 0 Å². The number of allylic oxidation sites excluding steroid dienone is 2. The van der Waals surface area contributed by atoms with Crippen molar-refractivity contribution >= 4 is 23.8 Å². The molecule has 2 aliphatic rings. The molecule has 37 heavy (non-hydrogen) atoms. The minimum Gasteiger partial charge on any atom is -0.459 e. The highest BCUT2D eigenvalue weighted by molar-refractivity contribution is 5.95. The van der Waals surface area contributed by atoms with Crippen molar-refractivity contribution in [2.75, 3.05) is 0 Å². The molecule has 0 saturated heterocycles. The first-order valence-corrected chi connectivity index (χ1v) is 13.3. The van der Waals surface area contributed by atoms with E-state index in [4.69, 9.17) is 9.47 Å². The van der Waals surface area contributed by atoms with Crippen LogP contribution in [0.25, 0.3) is 6.08 Å². The molecule has 0 fully saturated rings. The van der Waals surface area contributed by atoms with Crippen LogP contribution in [0.15, 0.2) is 42.4 Å². The van der Waals surface area contributed by atoms with E-state index in [2.05, 4.69) is 31.8 Å². The van der Waals surface area contributed by atoms with Gasteiger partial charge < -0.3 is 14.0 Å². The van der Waals surface area contributed by atoms with E-state index < -0.39 is 17.5 Å². The van der Waals surface area contributed by atoms with Gasteiger partial charge in [-0.1, -0.05) is 31.6 Å². The van der Waals surface area contributed by atoms with Gasteiger partial charge in [0.1, 0.15) is 6.10 Å².